The Labute approximate surface area is 127 Å². The van der Waals surface area contributed by atoms with E-state index in [0.717, 1.165) is 17.7 Å². The zero-order valence-electron chi connectivity index (χ0n) is 12.6. The summed E-state index contributed by atoms with van der Waals surface area (Å²) in [6, 6.07) is 3.93. The number of nitrogens with zero attached hydrogens (tertiary/aromatic N) is 1. The first-order chi connectivity index (χ1) is 9.94. The molecule has 0 bridgehead atoms. The van der Waals surface area contributed by atoms with Gasteiger partial charge in [0.05, 0.1) is 11.4 Å². The molecule has 0 atom stereocenters. The number of rotatable bonds is 7. The Kier molecular flexibility index (Phi) is 10.4. The molecule has 0 aliphatic carbocycles. The number of hydrogen-bond donors (Lipinski definition) is 2. The average molecular weight is 312 g/mol. The van der Waals surface area contributed by atoms with Crippen molar-refractivity contribution in [2.75, 3.05) is 19.3 Å². The van der Waals surface area contributed by atoms with Gasteiger partial charge < -0.3 is 5.32 Å². The number of nitrogens with one attached hydrogen (secondary N) is 1. The molecule has 0 aliphatic rings. The Morgan fingerprint density at radius 2 is 2.19 bits per heavy atom. The van der Waals surface area contributed by atoms with Crippen LogP contribution < -0.4 is 5.32 Å². The molecule has 0 saturated carbocycles. The van der Waals surface area contributed by atoms with Crippen molar-refractivity contribution in [1.29, 1.82) is 0 Å². The topological polar surface area (TPSA) is 79.3 Å². The van der Waals surface area contributed by atoms with Crippen LogP contribution in [0.1, 0.15) is 31.0 Å². The Morgan fingerprint density at radius 3 is 2.71 bits per heavy atom. The normalized spacial score (nSPS) is 11.0. The third kappa shape index (κ3) is 10.9. The minimum atomic E-state index is -3.74. The van der Waals surface area contributed by atoms with Gasteiger partial charge in [-0.3, -0.25) is 9.54 Å². The lowest BCUT2D eigenvalue weighted by molar-refractivity contribution is 0.480. The van der Waals surface area contributed by atoms with Gasteiger partial charge in [-0.25, -0.2) is 0 Å². The quantitative estimate of drug-likeness (QED) is 0.597. The molecular weight excluding hydrogens is 288 g/mol. The van der Waals surface area contributed by atoms with Gasteiger partial charge in [-0.05, 0) is 44.1 Å². The average Bonchev–Trinajstić information content (AvgIpc) is 2.45. The number of aromatic nitrogens is 1. The number of allylic oxidation sites excluding steroid dienone is 1. The maximum atomic E-state index is 10.0. The van der Waals surface area contributed by atoms with E-state index in [-0.39, 0.29) is 5.75 Å². The van der Waals surface area contributed by atoms with Gasteiger partial charge >= 0.3 is 0 Å². The largest absolute Gasteiger partial charge is 0.320 e. The van der Waals surface area contributed by atoms with Crippen molar-refractivity contribution < 1.29 is 13.0 Å². The van der Waals surface area contributed by atoms with Crippen molar-refractivity contribution in [2.24, 2.45) is 0 Å². The molecule has 1 aromatic rings. The van der Waals surface area contributed by atoms with E-state index in [9.17, 15) is 8.42 Å². The van der Waals surface area contributed by atoms with E-state index >= 15 is 0 Å². The lowest BCUT2D eigenvalue weighted by Gasteiger charge is -1.96. The van der Waals surface area contributed by atoms with Crippen molar-refractivity contribution in [2.45, 2.75) is 19.8 Å². The fraction of sp³-hybridized carbons (Fsp3) is 0.400. The summed E-state index contributed by atoms with van der Waals surface area (Å²) in [6.45, 7) is 6.44. The van der Waals surface area contributed by atoms with Crippen molar-refractivity contribution in [1.82, 2.24) is 10.3 Å². The van der Waals surface area contributed by atoms with Crippen LogP contribution in [0.15, 0.2) is 31.0 Å². The standard InChI is InChI=1S/C11H13N.C4H11NO3S/c1-3-5-8-11-10(4-2)7-6-9-12-11;1-5-3-2-4-9(6,7)8/h4-9H,2-3H2,1H3;5H,2-4H2,1H3,(H,6,7,8)/b8-5-;. The highest BCUT2D eigenvalue weighted by Crippen LogP contribution is 2.08. The minimum absolute atomic E-state index is 0.159. The zero-order chi connectivity index (χ0) is 16.1. The van der Waals surface area contributed by atoms with Crippen LogP contribution in [0.5, 0.6) is 0 Å². The van der Waals surface area contributed by atoms with Gasteiger partial charge in [-0.1, -0.05) is 31.7 Å². The summed E-state index contributed by atoms with van der Waals surface area (Å²) in [7, 11) is -2.01. The highest BCUT2D eigenvalue weighted by atomic mass is 32.2. The summed E-state index contributed by atoms with van der Waals surface area (Å²) in [6.07, 6.45) is 9.22. The van der Waals surface area contributed by atoms with Gasteiger partial charge in [0.2, 0.25) is 0 Å². The Balaban J connectivity index is 0.000000400. The Morgan fingerprint density at radius 1 is 1.48 bits per heavy atom. The van der Waals surface area contributed by atoms with Gasteiger partial charge in [-0.2, -0.15) is 8.42 Å². The Hall–Kier alpha value is -1.50. The van der Waals surface area contributed by atoms with Gasteiger partial charge in [0.1, 0.15) is 0 Å². The lowest BCUT2D eigenvalue weighted by Crippen LogP contribution is -2.13. The predicted octanol–water partition coefficient (Wildman–Crippen LogP) is 2.63. The summed E-state index contributed by atoms with van der Waals surface area (Å²) in [4.78, 5) is 4.23. The molecule has 0 unspecified atom stereocenters. The van der Waals surface area contributed by atoms with E-state index in [1.54, 1.807) is 13.2 Å². The van der Waals surface area contributed by atoms with Gasteiger partial charge in [0.25, 0.3) is 10.1 Å². The molecule has 118 valence electrons. The lowest BCUT2D eigenvalue weighted by atomic mass is 10.2. The van der Waals surface area contributed by atoms with E-state index in [1.807, 2.05) is 24.3 Å². The van der Waals surface area contributed by atoms with Crippen molar-refractivity contribution >= 4 is 22.3 Å². The molecule has 0 spiro atoms. The van der Waals surface area contributed by atoms with Gasteiger partial charge in [0, 0.05) is 6.20 Å². The molecule has 2 N–H and O–H groups in total. The van der Waals surface area contributed by atoms with Crippen LogP contribution in [0.4, 0.5) is 0 Å². The van der Waals surface area contributed by atoms with Crippen LogP contribution in [-0.2, 0) is 10.1 Å². The van der Waals surface area contributed by atoms with Crippen molar-refractivity contribution in [3.63, 3.8) is 0 Å². The van der Waals surface area contributed by atoms with Crippen LogP contribution in [-0.4, -0.2) is 37.3 Å². The molecule has 0 radical (unpaired) electrons. The maximum Gasteiger partial charge on any atom is 0.264 e. The molecule has 0 aromatic carbocycles. The molecule has 0 saturated heterocycles. The summed E-state index contributed by atoms with van der Waals surface area (Å²) >= 11 is 0. The molecule has 0 amide bonds. The predicted molar refractivity (Wildman–Crippen MR) is 88.6 cm³/mol. The van der Waals surface area contributed by atoms with E-state index < -0.39 is 10.1 Å². The molecule has 1 heterocycles. The summed E-state index contributed by atoms with van der Waals surface area (Å²) < 4.78 is 28.3. The summed E-state index contributed by atoms with van der Waals surface area (Å²) in [5.41, 5.74) is 2.08. The summed E-state index contributed by atoms with van der Waals surface area (Å²) in [5, 5.41) is 2.76. The first kappa shape index (κ1) is 19.5. The smallest absolute Gasteiger partial charge is 0.264 e. The molecule has 0 aliphatic heterocycles. The second kappa shape index (κ2) is 11.2. The molecular formula is C15H24N2O3S. The minimum Gasteiger partial charge on any atom is -0.320 e. The highest BCUT2D eigenvalue weighted by molar-refractivity contribution is 7.85. The summed E-state index contributed by atoms with van der Waals surface area (Å²) in [5.74, 6) is -0.159. The monoisotopic (exact) mass is 312 g/mol. The Bertz CT molecular complexity index is 540. The van der Waals surface area contributed by atoms with Crippen molar-refractivity contribution in [3.05, 3.63) is 42.2 Å². The van der Waals surface area contributed by atoms with Crippen LogP contribution in [0, 0.1) is 0 Å². The molecule has 1 aromatic heterocycles. The van der Waals surface area contributed by atoms with Crippen molar-refractivity contribution in [3.8, 4) is 0 Å². The third-order valence-electron chi connectivity index (χ3n) is 2.43. The molecule has 6 heteroatoms. The fourth-order valence-corrected chi connectivity index (χ4v) is 1.91. The van der Waals surface area contributed by atoms with E-state index in [4.69, 9.17) is 4.55 Å². The molecule has 0 fully saturated rings. The van der Waals surface area contributed by atoms with Gasteiger partial charge in [0.15, 0.2) is 0 Å². The van der Waals surface area contributed by atoms with Crippen LogP contribution >= 0.6 is 0 Å². The van der Waals surface area contributed by atoms with E-state index in [1.165, 1.54) is 0 Å². The zero-order valence-corrected chi connectivity index (χ0v) is 13.4. The highest BCUT2D eigenvalue weighted by Gasteiger charge is 2.01. The van der Waals surface area contributed by atoms with E-state index in [0.29, 0.717) is 13.0 Å². The fourth-order valence-electron chi connectivity index (χ4n) is 1.40. The molecule has 1 rings (SSSR count). The van der Waals surface area contributed by atoms with E-state index in [2.05, 4.69) is 29.9 Å². The molecule has 21 heavy (non-hydrogen) atoms. The van der Waals surface area contributed by atoms with Gasteiger partial charge in [-0.15, -0.1) is 0 Å². The second-order valence-electron chi connectivity index (χ2n) is 4.24. The molecule has 5 nitrogen and oxygen atoms in total. The SMILES string of the molecule is C=Cc1cccnc1/C=C\CC.CNCCCS(=O)(=O)O. The van der Waals surface area contributed by atoms with Crippen LogP contribution in [0.3, 0.4) is 0 Å². The van der Waals surface area contributed by atoms with Crippen LogP contribution in [0.2, 0.25) is 0 Å². The maximum absolute atomic E-state index is 10.0. The third-order valence-corrected chi connectivity index (χ3v) is 3.24. The second-order valence-corrected chi connectivity index (χ2v) is 5.81. The number of pyridine rings is 1. The van der Waals surface area contributed by atoms with Crippen LogP contribution in [0.25, 0.3) is 12.2 Å². The first-order valence-corrected chi connectivity index (χ1v) is 8.39. The number of hydrogen-bond acceptors (Lipinski definition) is 4. The first-order valence-electron chi connectivity index (χ1n) is 6.78.